The minimum atomic E-state index is -3.70. The summed E-state index contributed by atoms with van der Waals surface area (Å²) in [6.45, 7) is 3.94. The number of anilines is 1. The third kappa shape index (κ3) is 5.45. The lowest BCUT2D eigenvalue weighted by molar-refractivity contribution is -0.132. The first-order valence-electron chi connectivity index (χ1n) is 11.4. The van der Waals surface area contributed by atoms with E-state index in [9.17, 15) is 18.0 Å². The third-order valence-corrected chi connectivity index (χ3v) is 8.10. The molecule has 0 radical (unpaired) electrons. The van der Waals surface area contributed by atoms with Crippen LogP contribution in [0, 0.1) is 0 Å². The number of carbonyl (C=O) groups excluding carboxylic acids is 2. The van der Waals surface area contributed by atoms with E-state index in [4.69, 9.17) is 0 Å². The smallest absolute Gasteiger partial charge is 0.240 e. The van der Waals surface area contributed by atoms with Gasteiger partial charge < -0.3 is 15.1 Å². The maximum absolute atomic E-state index is 12.6. The fourth-order valence-electron chi connectivity index (χ4n) is 4.82. The van der Waals surface area contributed by atoms with Crippen molar-refractivity contribution in [3.05, 3.63) is 23.8 Å². The number of aryl methyl sites for hydroxylation is 1. The van der Waals surface area contributed by atoms with Gasteiger partial charge in [-0.2, -0.15) is 0 Å². The van der Waals surface area contributed by atoms with Gasteiger partial charge in [-0.25, -0.2) is 13.1 Å². The Morgan fingerprint density at radius 2 is 1.81 bits per heavy atom. The molecule has 2 amide bonds. The molecule has 2 saturated heterocycles. The first-order valence-corrected chi connectivity index (χ1v) is 12.8. The van der Waals surface area contributed by atoms with Gasteiger partial charge in [-0.1, -0.05) is 6.42 Å². The van der Waals surface area contributed by atoms with Crippen LogP contribution in [0.25, 0.3) is 0 Å². The summed E-state index contributed by atoms with van der Waals surface area (Å²) in [5, 5.41) is 2.75. The number of fused-ring (bicyclic) bond motifs is 1. The molecule has 9 heteroatoms. The third-order valence-electron chi connectivity index (χ3n) is 6.64. The fraction of sp³-hybridized carbons (Fsp3) is 0.636. The van der Waals surface area contributed by atoms with E-state index in [-0.39, 0.29) is 29.7 Å². The number of rotatable bonds is 6. The van der Waals surface area contributed by atoms with Crippen molar-refractivity contribution in [1.82, 2.24) is 14.5 Å². The molecule has 0 atom stereocenters. The summed E-state index contributed by atoms with van der Waals surface area (Å²) in [6.07, 6.45) is 6.92. The van der Waals surface area contributed by atoms with Crippen LogP contribution in [-0.4, -0.2) is 68.8 Å². The van der Waals surface area contributed by atoms with E-state index in [1.165, 1.54) is 38.4 Å². The van der Waals surface area contributed by atoms with Gasteiger partial charge in [0.25, 0.3) is 0 Å². The Morgan fingerprint density at radius 3 is 2.55 bits per heavy atom. The summed E-state index contributed by atoms with van der Waals surface area (Å²) in [6, 6.07) is 5.29. The van der Waals surface area contributed by atoms with Crippen molar-refractivity contribution in [2.24, 2.45) is 0 Å². The number of benzene rings is 1. The van der Waals surface area contributed by atoms with E-state index >= 15 is 0 Å². The molecule has 0 bridgehead atoms. The Hall–Kier alpha value is -1.97. The monoisotopic (exact) mass is 448 g/mol. The molecule has 3 aliphatic rings. The quantitative estimate of drug-likeness (QED) is 0.690. The SMILES string of the molecule is O=C1CCc2cc(S(=O)(=O)NCCC(=O)N3CCC(N4CCCCC4)CC3)ccc2N1. The zero-order chi connectivity index (χ0) is 21.8. The van der Waals surface area contributed by atoms with Crippen molar-refractivity contribution in [3.63, 3.8) is 0 Å². The zero-order valence-electron chi connectivity index (χ0n) is 17.9. The highest BCUT2D eigenvalue weighted by Gasteiger charge is 2.27. The lowest BCUT2D eigenvalue weighted by Crippen LogP contribution is -2.48. The Kier molecular flexibility index (Phi) is 6.93. The van der Waals surface area contributed by atoms with Crippen LogP contribution in [0.1, 0.15) is 50.5 Å². The number of hydrogen-bond acceptors (Lipinski definition) is 5. The normalized spacial score (nSPS) is 20.9. The lowest BCUT2D eigenvalue weighted by atomic mass is 10.00. The number of carbonyl (C=O) groups is 2. The van der Waals surface area contributed by atoms with Gasteiger partial charge in [0.05, 0.1) is 4.90 Å². The minimum absolute atomic E-state index is 0.00736. The molecule has 1 aromatic carbocycles. The predicted octanol–water partition coefficient (Wildman–Crippen LogP) is 1.72. The van der Waals surface area contributed by atoms with Crippen molar-refractivity contribution < 1.29 is 18.0 Å². The highest BCUT2D eigenvalue weighted by Crippen LogP contribution is 2.25. The topological polar surface area (TPSA) is 98.8 Å². The van der Waals surface area contributed by atoms with Crippen molar-refractivity contribution in [2.75, 3.05) is 38.0 Å². The second-order valence-electron chi connectivity index (χ2n) is 8.72. The van der Waals surface area contributed by atoms with Crippen molar-refractivity contribution >= 4 is 27.5 Å². The average molecular weight is 449 g/mol. The molecular formula is C22H32N4O4S. The number of nitrogens with one attached hydrogen (secondary N) is 2. The Bertz CT molecular complexity index is 919. The molecule has 2 N–H and O–H groups in total. The van der Waals surface area contributed by atoms with Crippen LogP contribution in [0.2, 0.25) is 0 Å². The number of likely N-dealkylation sites (tertiary alicyclic amines) is 2. The molecular weight excluding hydrogens is 416 g/mol. The van der Waals surface area contributed by atoms with E-state index in [1.54, 1.807) is 12.1 Å². The van der Waals surface area contributed by atoms with E-state index in [0.29, 0.717) is 24.6 Å². The molecule has 0 unspecified atom stereocenters. The van der Waals surface area contributed by atoms with Gasteiger partial charge in [0, 0.05) is 44.2 Å². The fourth-order valence-corrected chi connectivity index (χ4v) is 5.91. The molecule has 170 valence electrons. The van der Waals surface area contributed by atoms with Crippen LogP contribution in [0.4, 0.5) is 5.69 Å². The minimum Gasteiger partial charge on any atom is -0.343 e. The summed E-state index contributed by atoms with van der Waals surface area (Å²) in [4.78, 5) is 28.6. The van der Waals surface area contributed by atoms with Crippen LogP contribution in [0.15, 0.2) is 23.1 Å². The summed E-state index contributed by atoms with van der Waals surface area (Å²) in [5.74, 6) is -0.0485. The molecule has 8 nitrogen and oxygen atoms in total. The first kappa shape index (κ1) is 22.2. The molecule has 2 fully saturated rings. The van der Waals surface area contributed by atoms with E-state index in [1.807, 2.05) is 4.90 Å². The van der Waals surface area contributed by atoms with Crippen LogP contribution in [0.5, 0.6) is 0 Å². The van der Waals surface area contributed by atoms with E-state index in [0.717, 1.165) is 31.5 Å². The Labute approximate surface area is 184 Å². The number of sulfonamides is 1. The van der Waals surface area contributed by atoms with Crippen molar-refractivity contribution in [1.29, 1.82) is 0 Å². The van der Waals surface area contributed by atoms with Gasteiger partial charge in [0.2, 0.25) is 21.8 Å². The van der Waals surface area contributed by atoms with Gasteiger partial charge in [-0.05, 0) is 69.0 Å². The molecule has 0 aromatic heterocycles. The van der Waals surface area contributed by atoms with Crippen LogP contribution >= 0.6 is 0 Å². The standard InChI is InChI=1S/C22H32N4O4S/c27-21-7-4-17-16-19(5-6-20(17)24-21)31(29,30)23-11-8-22(28)26-14-9-18(10-15-26)25-12-2-1-3-13-25/h5-6,16,18,23H,1-4,7-15H2,(H,24,27). The Balaban J connectivity index is 1.24. The van der Waals surface area contributed by atoms with Crippen molar-refractivity contribution in [2.45, 2.75) is 62.3 Å². The second-order valence-corrected chi connectivity index (χ2v) is 10.5. The predicted molar refractivity (Wildman–Crippen MR) is 118 cm³/mol. The molecule has 31 heavy (non-hydrogen) atoms. The average Bonchev–Trinajstić information content (AvgIpc) is 2.79. The van der Waals surface area contributed by atoms with Gasteiger partial charge in [0.15, 0.2) is 0 Å². The van der Waals surface area contributed by atoms with E-state index < -0.39 is 10.0 Å². The van der Waals surface area contributed by atoms with Gasteiger partial charge >= 0.3 is 0 Å². The second kappa shape index (κ2) is 9.67. The van der Waals surface area contributed by atoms with Crippen LogP contribution < -0.4 is 10.0 Å². The molecule has 0 spiro atoms. The number of amides is 2. The maximum atomic E-state index is 12.6. The number of piperidine rings is 2. The van der Waals surface area contributed by atoms with Gasteiger partial charge in [-0.15, -0.1) is 0 Å². The molecule has 0 aliphatic carbocycles. The summed E-state index contributed by atoms with van der Waals surface area (Å²) < 4.78 is 27.8. The lowest BCUT2D eigenvalue weighted by Gasteiger charge is -2.40. The largest absolute Gasteiger partial charge is 0.343 e. The zero-order valence-corrected chi connectivity index (χ0v) is 18.8. The van der Waals surface area contributed by atoms with Crippen LogP contribution in [0.3, 0.4) is 0 Å². The van der Waals surface area contributed by atoms with Gasteiger partial charge in [-0.3, -0.25) is 9.59 Å². The summed E-state index contributed by atoms with van der Waals surface area (Å²) in [7, 11) is -3.70. The van der Waals surface area contributed by atoms with Crippen LogP contribution in [-0.2, 0) is 26.0 Å². The maximum Gasteiger partial charge on any atom is 0.240 e. The molecule has 1 aromatic rings. The number of nitrogens with zero attached hydrogens (tertiary/aromatic N) is 2. The highest BCUT2D eigenvalue weighted by molar-refractivity contribution is 7.89. The summed E-state index contributed by atoms with van der Waals surface area (Å²) >= 11 is 0. The number of hydrogen-bond donors (Lipinski definition) is 2. The first-order chi connectivity index (χ1) is 14.9. The van der Waals surface area contributed by atoms with E-state index in [2.05, 4.69) is 14.9 Å². The van der Waals surface area contributed by atoms with Gasteiger partial charge in [0.1, 0.15) is 0 Å². The molecule has 0 saturated carbocycles. The molecule has 3 heterocycles. The Morgan fingerprint density at radius 1 is 1.06 bits per heavy atom. The van der Waals surface area contributed by atoms with Crippen molar-refractivity contribution in [3.8, 4) is 0 Å². The molecule has 4 rings (SSSR count). The molecule has 3 aliphatic heterocycles. The summed E-state index contributed by atoms with van der Waals surface area (Å²) in [5.41, 5.74) is 1.48. The highest BCUT2D eigenvalue weighted by atomic mass is 32.2.